The highest BCUT2D eigenvalue weighted by atomic mass is 16.6. The lowest BCUT2D eigenvalue weighted by Crippen LogP contribution is -2.48. The minimum Gasteiger partial charge on any atom is -0.443 e. The molecule has 0 rings (SSSR count). The lowest BCUT2D eigenvalue weighted by atomic mass is 10.1. The molecule has 0 aliphatic carbocycles. The summed E-state index contributed by atoms with van der Waals surface area (Å²) in [6.07, 6.45) is 0.970. The minimum absolute atomic E-state index is 0.00435. The van der Waals surface area contributed by atoms with Gasteiger partial charge in [0, 0.05) is 11.6 Å². The lowest BCUT2D eigenvalue weighted by Gasteiger charge is -2.38. The molecule has 1 unspecified atom stereocenters. The maximum atomic E-state index is 11.0. The Labute approximate surface area is 86.7 Å². The van der Waals surface area contributed by atoms with Crippen LogP contribution in [0, 0.1) is 0 Å². The second-order valence-corrected chi connectivity index (χ2v) is 4.20. The van der Waals surface area contributed by atoms with E-state index in [4.69, 9.17) is 4.74 Å². The SMILES string of the molecule is C=CC(=O)OC(C)N(CC)C(C)(C)C. The normalized spacial score (nSPS) is 13.9. The molecule has 0 spiro atoms. The van der Waals surface area contributed by atoms with Gasteiger partial charge in [-0.15, -0.1) is 0 Å². The van der Waals surface area contributed by atoms with Gasteiger partial charge in [-0.25, -0.2) is 4.79 Å². The third-order valence-corrected chi connectivity index (χ3v) is 2.09. The van der Waals surface area contributed by atoms with Crippen LogP contribution in [0.25, 0.3) is 0 Å². The fraction of sp³-hybridized carbons (Fsp3) is 0.727. The molecular weight excluding hydrogens is 178 g/mol. The van der Waals surface area contributed by atoms with Crippen molar-refractivity contribution < 1.29 is 9.53 Å². The first-order valence-corrected chi connectivity index (χ1v) is 4.92. The molecule has 0 aromatic carbocycles. The van der Waals surface area contributed by atoms with Crippen LogP contribution in [0.2, 0.25) is 0 Å². The highest BCUT2D eigenvalue weighted by Gasteiger charge is 2.26. The zero-order valence-electron chi connectivity index (χ0n) is 9.83. The van der Waals surface area contributed by atoms with E-state index in [1.807, 2.05) is 13.8 Å². The lowest BCUT2D eigenvalue weighted by molar-refractivity contribution is -0.156. The third kappa shape index (κ3) is 3.92. The van der Waals surface area contributed by atoms with Crippen molar-refractivity contribution >= 4 is 5.97 Å². The highest BCUT2D eigenvalue weighted by molar-refractivity contribution is 5.81. The summed E-state index contributed by atoms with van der Waals surface area (Å²) >= 11 is 0. The largest absolute Gasteiger partial charge is 0.443 e. The van der Waals surface area contributed by atoms with E-state index in [-0.39, 0.29) is 17.7 Å². The van der Waals surface area contributed by atoms with Gasteiger partial charge in [-0.1, -0.05) is 13.5 Å². The summed E-state index contributed by atoms with van der Waals surface area (Å²) in [7, 11) is 0. The molecule has 0 amide bonds. The van der Waals surface area contributed by atoms with Gasteiger partial charge in [0.25, 0.3) is 0 Å². The van der Waals surface area contributed by atoms with Crippen molar-refractivity contribution in [1.82, 2.24) is 4.90 Å². The van der Waals surface area contributed by atoms with E-state index in [2.05, 4.69) is 32.3 Å². The van der Waals surface area contributed by atoms with Gasteiger partial charge in [0.2, 0.25) is 0 Å². The Kier molecular flexibility index (Phi) is 4.85. The van der Waals surface area contributed by atoms with Crippen LogP contribution in [0.5, 0.6) is 0 Å². The van der Waals surface area contributed by atoms with Gasteiger partial charge in [0.15, 0.2) is 6.23 Å². The summed E-state index contributed by atoms with van der Waals surface area (Å²) in [6, 6.07) is 0. The topological polar surface area (TPSA) is 29.5 Å². The molecule has 1 atom stereocenters. The maximum Gasteiger partial charge on any atom is 0.331 e. The molecule has 0 aliphatic heterocycles. The van der Waals surface area contributed by atoms with E-state index in [1.54, 1.807) is 0 Å². The van der Waals surface area contributed by atoms with Gasteiger partial charge in [-0.05, 0) is 34.2 Å². The van der Waals surface area contributed by atoms with Gasteiger partial charge < -0.3 is 4.74 Å². The zero-order valence-corrected chi connectivity index (χ0v) is 9.83. The molecule has 0 aliphatic rings. The first-order valence-electron chi connectivity index (χ1n) is 4.92. The number of nitrogens with zero attached hydrogens (tertiary/aromatic N) is 1. The van der Waals surface area contributed by atoms with Crippen LogP contribution >= 0.6 is 0 Å². The molecule has 0 fully saturated rings. The van der Waals surface area contributed by atoms with Crippen LogP contribution in [0.4, 0.5) is 0 Å². The highest BCUT2D eigenvalue weighted by Crippen LogP contribution is 2.17. The maximum absolute atomic E-state index is 11.0. The summed E-state index contributed by atoms with van der Waals surface area (Å²) in [5.74, 6) is -0.375. The Morgan fingerprint density at radius 2 is 2.07 bits per heavy atom. The Balaban J connectivity index is 4.39. The van der Waals surface area contributed by atoms with Crippen LogP contribution in [0.1, 0.15) is 34.6 Å². The van der Waals surface area contributed by atoms with E-state index in [1.165, 1.54) is 6.08 Å². The summed E-state index contributed by atoms with van der Waals surface area (Å²) < 4.78 is 5.15. The van der Waals surface area contributed by atoms with Crippen LogP contribution in [-0.2, 0) is 9.53 Å². The van der Waals surface area contributed by atoms with Crippen molar-refractivity contribution in [2.24, 2.45) is 0 Å². The molecule has 3 heteroatoms. The van der Waals surface area contributed by atoms with Crippen molar-refractivity contribution in [3.63, 3.8) is 0 Å². The van der Waals surface area contributed by atoms with Gasteiger partial charge in [0.05, 0.1) is 0 Å². The average molecular weight is 199 g/mol. The minimum atomic E-state index is -0.375. The standard InChI is InChI=1S/C11H21NO2/c1-7-10(13)14-9(3)12(8-2)11(4,5)6/h7,9H,1,8H2,2-6H3. The number of esters is 1. The Bertz CT molecular complexity index is 206. The molecule has 0 aromatic rings. The number of ether oxygens (including phenoxy) is 1. The molecular formula is C11H21NO2. The molecule has 0 radical (unpaired) electrons. The number of carbonyl (C=O) groups is 1. The van der Waals surface area contributed by atoms with Gasteiger partial charge >= 0.3 is 5.97 Å². The molecule has 0 N–H and O–H groups in total. The molecule has 14 heavy (non-hydrogen) atoms. The monoisotopic (exact) mass is 199 g/mol. The van der Waals surface area contributed by atoms with E-state index in [9.17, 15) is 4.79 Å². The van der Waals surface area contributed by atoms with E-state index in [0.717, 1.165) is 6.54 Å². The molecule has 0 bridgehead atoms. The fourth-order valence-electron chi connectivity index (χ4n) is 1.56. The van der Waals surface area contributed by atoms with Crippen molar-refractivity contribution in [2.45, 2.75) is 46.4 Å². The van der Waals surface area contributed by atoms with Crippen molar-refractivity contribution in [1.29, 1.82) is 0 Å². The van der Waals surface area contributed by atoms with Crippen LogP contribution in [0.15, 0.2) is 12.7 Å². The molecule has 0 saturated carbocycles. The van der Waals surface area contributed by atoms with E-state index < -0.39 is 0 Å². The molecule has 82 valence electrons. The van der Waals surface area contributed by atoms with Crippen molar-refractivity contribution in [2.75, 3.05) is 6.54 Å². The summed E-state index contributed by atoms with van der Waals surface area (Å²) in [5.41, 5.74) is -0.00435. The summed E-state index contributed by atoms with van der Waals surface area (Å²) in [4.78, 5) is 13.1. The van der Waals surface area contributed by atoms with Crippen molar-refractivity contribution in [3.8, 4) is 0 Å². The Morgan fingerprint density at radius 1 is 1.57 bits per heavy atom. The second kappa shape index (κ2) is 5.15. The predicted octanol–water partition coefficient (Wildman–Crippen LogP) is 2.18. The molecule has 0 aromatic heterocycles. The summed E-state index contributed by atoms with van der Waals surface area (Å²) in [6.45, 7) is 14.4. The quantitative estimate of drug-likeness (QED) is 0.395. The Hall–Kier alpha value is -0.830. The number of carbonyl (C=O) groups excluding carboxylic acids is 1. The number of hydrogen-bond acceptors (Lipinski definition) is 3. The Morgan fingerprint density at radius 3 is 2.36 bits per heavy atom. The third-order valence-electron chi connectivity index (χ3n) is 2.09. The molecule has 0 saturated heterocycles. The summed E-state index contributed by atoms with van der Waals surface area (Å²) in [5, 5.41) is 0. The van der Waals surface area contributed by atoms with Crippen molar-refractivity contribution in [3.05, 3.63) is 12.7 Å². The van der Waals surface area contributed by atoms with Crippen LogP contribution < -0.4 is 0 Å². The zero-order chi connectivity index (χ0) is 11.4. The first kappa shape index (κ1) is 13.2. The second-order valence-electron chi connectivity index (χ2n) is 4.20. The number of rotatable bonds is 4. The number of hydrogen-bond donors (Lipinski definition) is 0. The predicted molar refractivity (Wildman–Crippen MR) is 57.9 cm³/mol. The fourth-order valence-corrected chi connectivity index (χ4v) is 1.56. The van der Waals surface area contributed by atoms with E-state index in [0.29, 0.717) is 0 Å². The first-order chi connectivity index (χ1) is 6.32. The van der Waals surface area contributed by atoms with Gasteiger partial charge in [-0.2, -0.15) is 0 Å². The van der Waals surface area contributed by atoms with E-state index >= 15 is 0 Å². The van der Waals surface area contributed by atoms with Crippen LogP contribution in [0.3, 0.4) is 0 Å². The molecule has 3 nitrogen and oxygen atoms in total. The molecule has 0 heterocycles. The smallest absolute Gasteiger partial charge is 0.331 e. The van der Waals surface area contributed by atoms with Crippen LogP contribution in [-0.4, -0.2) is 29.2 Å². The van der Waals surface area contributed by atoms with Gasteiger partial charge in [-0.3, -0.25) is 4.90 Å². The van der Waals surface area contributed by atoms with Gasteiger partial charge in [0.1, 0.15) is 0 Å². The average Bonchev–Trinajstić information content (AvgIpc) is 2.02.